The Morgan fingerprint density at radius 2 is 0.897 bits per heavy atom. The first kappa shape index (κ1) is 30.6. The number of rotatable bonds is 8. The Morgan fingerprint density at radius 3 is 1.18 bits per heavy atom. The zero-order valence-electron chi connectivity index (χ0n) is 25.4. The van der Waals surface area contributed by atoms with Crippen LogP contribution in [0.5, 0.6) is 0 Å². The van der Waals surface area contributed by atoms with Gasteiger partial charge in [-0.05, 0) is 34.3 Å². The third kappa shape index (κ3) is 6.45. The molecule has 0 saturated carbocycles. The van der Waals surface area contributed by atoms with Crippen LogP contribution < -0.4 is 0 Å². The van der Waals surface area contributed by atoms with Crippen molar-refractivity contribution in [2.45, 2.75) is 75.8 Å². The van der Waals surface area contributed by atoms with Gasteiger partial charge < -0.3 is 23.1 Å². The van der Waals surface area contributed by atoms with Gasteiger partial charge in [-0.3, -0.25) is 0 Å². The van der Waals surface area contributed by atoms with Crippen LogP contribution in [0.2, 0.25) is 23.2 Å². The van der Waals surface area contributed by atoms with Crippen molar-refractivity contribution < 1.29 is 23.1 Å². The van der Waals surface area contributed by atoms with E-state index in [0.717, 1.165) is 0 Å². The molecule has 0 spiro atoms. The predicted molar refractivity (Wildman–Crippen MR) is 163 cm³/mol. The van der Waals surface area contributed by atoms with Gasteiger partial charge in [-0.25, -0.2) is 0 Å². The summed E-state index contributed by atoms with van der Waals surface area (Å²) < 4.78 is 31.8. The van der Waals surface area contributed by atoms with E-state index in [1.165, 1.54) is 11.1 Å². The summed E-state index contributed by atoms with van der Waals surface area (Å²) in [6, 6.07) is 22.0. The van der Waals surface area contributed by atoms with E-state index in [0.29, 0.717) is 40.0 Å². The van der Waals surface area contributed by atoms with E-state index in [1.54, 1.807) is 0 Å². The lowest BCUT2D eigenvalue weighted by atomic mass is 9.99. The highest BCUT2D eigenvalue weighted by molar-refractivity contribution is 6.90. The van der Waals surface area contributed by atoms with Crippen molar-refractivity contribution in [1.29, 1.82) is 0 Å². The van der Waals surface area contributed by atoms with Crippen LogP contribution in [-0.2, 0) is 23.1 Å². The normalized spacial score (nSPS) is 23.0. The van der Waals surface area contributed by atoms with Crippen molar-refractivity contribution in [3.8, 4) is 0 Å². The van der Waals surface area contributed by atoms with Crippen molar-refractivity contribution in [3.63, 3.8) is 0 Å². The summed E-state index contributed by atoms with van der Waals surface area (Å²) in [5.74, 6) is 0.485. The SMILES string of the molecule is CC(C)(C)[Si](C)(O[Si](C)(C(c1ccccc1)C1COCOC1)C(C)(C)C)C(c1ccccc1)C1COCOC1. The van der Waals surface area contributed by atoms with Crippen LogP contribution in [0.15, 0.2) is 60.7 Å². The highest BCUT2D eigenvalue weighted by Crippen LogP contribution is 2.57. The van der Waals surface area contributed by atoms with E-state index in [2.05, 4.69) is 115 Å². The summed E-state index contributed by atoms with van der Waals surface area (Å²) in [6.45, 7) is 22.9. The van der Waals surface area contributed by atoms with Crippen molar-refractivity contribution >= 4 is 16.6 Å². The molecule has 2 aliphatic heterocycles. The second-order valence-electron chi connectivity index (χ2n) is 13.8. The molecule has 7 heteroatoms. The van der Waals surface area contributed by atoms with Crippen molar-refractivity contribution in [1.82, 2.24) is 0 Å². The number of benzene rings is 2. The topological polar surface area (TPSA) is 46.2 Å². The van der Waals surface area contributed by atoms with Gasteiger partial charge in [-0.15, -0.1) is 0 Å². The zero-order chi connectivity index (χ0) is 28.3. The van der Waals surface area contributed by atoms with Gasteiger partial charge in [0.05, 0.1) is 26.4 Å². The van der Waals surface area contributed by atoms with Crippen molar-refractivity contribution in [3.05, 3.63) is 71.8 Å². The zero-order valence-corrected chi connectivity index (χ0v) is 27.4. The minimum absolute atomic E-state index is 0.0364. The maximum absolute atomic E-state index is 8.15. The van der Waals surface area contributed by atoms with E-state index in [4.69, 9.17) is 23.1 Å². The fraction of sp³-hybridized carbons (Fsp3) is 0.625. The molecule has 4 atom stereocenters. The molecule has 0 N–H and O–H groups in total. The lowest BCUT2D eigenvalue weighted by molar-refractivity contribution is -0.128. The molecule has 2 fully saturated rings. The molecule has 0 radical (unpaired) electrons. The van der Waals surface area contributed by atoms with Gasteiger partial charge in [0, 0.05) is 22.9 Å². The summed E-state index contributed by atoms with van der Waals surface area (Å²) >= 11 is 0. The molecule has 39 heavy (non-hydrogen) atoms. The molecule has 4 rings (SSSR count). The van der Waals surface area contributed by atoms with Crippen LogP contribution in [-0.4, -0.2) is 56.6 Å². The summed E-state index contributed by atoms with van der Waals surface area (Å²) in [4.78, 5) is 0. The maximum Gasteiger partial charge on any atom is 0.189 e. The minimum Gasteiger partial charge on any atom is -0.454 e. The molecule has 0 aliphatic carbocycles. The molecule has 0 amide bonds. The third-order valence-electron chi connectivity index (χ3n) is 9.51. The lowest BCUT2D eigenvalue weighted by Gasteiger charge is -2.58. The quantitative estimate of drug-likeness (QED) is 0.305. The van der Waals surface area contributed by atoms with E-state index >= 15 is 0 Å². The van der Waals surface area contributed by atoms with Gasteiger partial charge in [0.15, 0.2) is 16.6 Å². The first-order valence-electron chi connectivity index (χ1n) is 14.5. The van der Waals surface area contributed by atoms with Crippen LogP contribution >= 0.6 is 0 Å². The van der Waals surface area contributed by atoms with E-state index in [9.17, 15) is 0 Å². The molecular formula is C32H50O5Si2. The fourth-order valence-corrected chi connectivity index (χ4v) is 19.3. The van der Waals surface area contributed by atoms with Gasteiger partial charge in [0.2, 0.25) is 0 Å². The number of hydrogen-bond acceptors (Lipinski definition) is 5. The molecular weight excluding hydrogens is 521 g/mol. The standard InChI is InChI=1S/C32H50O5Si2/c1-31(2,3)38(7,29(25-15-11-9-12-16-25)27-19-33-23-34-20-27)37-39(8,32(4,5)6)30(26-17-13-10-14-18-26)28-21-35-24-36-22-28/h9-18,27-30H,19-24H2,1-8H3. The molecule has 0 aromatic heterocycles. The van der Waals surface area contributed by atoms with Gasteiger partial charge in [0.25, 0.3) is 0 Å². The Bertz CT molecular complexity index is 943. The van der Waals surface area contributed by atoms with Crippen molar-refractivity contribution in [2.24, 2.45) is 11.8 Å². The second-order valence-corrected chi connectivity index (χ2v) is 23.3. The molecule has 2 aromatic carbocycles. The number of ether oxygens (including phenoxy) is 4. The monoisotopic (exact) mass is 570 g/mol. The van der Waals surface area contributed by atoms with E-state index in [1.807, 2.05) is 0 Å². The molecule has 2 aliphatic rings. The van der Waals surface area contributed by atoms with Crippen LogP contribution in [0, 0.1) is 11.8 Å². The number of hydrogen-bond donors (Lipinski definition) is 0. The first-order valence-corrected chi connectivity index (χ1v) is 19.5. The molecule has 216 valence electrons. The smallest absolute Gasteiger partial charge is 0.189 e. The average molecular weight is 571 g/mol. The second kappa shape index (κ2) is 12.3. The molecule has 0 bridgehead atoms. The first-order chi connectivity index (χ1) is 18.4. The Labute approximate surface area is 238 Å². The Kier molecular flexibility index (Phi) is 9.64. The molecule has 2 saturated heterocycles. The fourth-order valence-electron chi connectivity index (χ4n) is 6.60. The summed E-state index contributed by atoms with van der Waals surface area (Å²) in [7, 11) is -5.19. The van der Waals surface area contributed by atoms with Crippen LogP contribution in [0.1, 0.15) is 63.8 Å². The third-order valence-corrected chi connectivity index (χ3v) is 22.8. The predicted octanol–water partition coefficient (Wildman–Crippen LogP) is 7.64. The highest BCUT2D eigenvalue weighted by atomic mass is 28.4. The van der Waals surface area contributed by atoms with Crippen LogP contribution in [0.3, 0.4) is 0 Å². The minimum atomic E-state index is -2.59. The van der Waals surface area contributed by atoms with Gasteiger partial charge in [-0.2, -0.15) is 0 Å². The average Bonchev–Trinajstić information content (AvgIpc) is 2.90. The summed E-state index contributed by atoms with van der Waals surface area (Å²) in [6.07, 6.45) is 0. The largest absolute Gasteiger partial charge is 0.454 e. The Morgan fingerprint density at radius 1 is 0.590 bits per heavy atom. The van der Waals surface area contributed by atoms with Gasteiger partial charge >= 0.3 is 0 Å². The summed E-state index contributed by atoms with van der Waals surface area (Å²) in [5, 5.41) is -0.0729. The molecule has 2 heterocycles. The Balaban J connectivity index is 1.90. The van der Waals surface area contributed by atoms with E-state index < -0.39 is 16.6 Å². The maximum atomic E-state index is 8.15. The van der Waals surface area contributed by atoms with Crippen molar-refractivity contribution in [2.75, 3.05) is 40.0 Å². The van der Waals surface area contributed by atoms with Gasteiger partial charge in [-0.1, -0.05) is 102 Å². The lowest BCUT2D eigenvalue weighted by Crippen LogP contribution is -2.65. The Hall–Kier alpha value is -1.33. The molecule has 4 unspecified atom stereocenters. The molecule has 2 aromatic rings. The van der Waals surface area contributed by atoms with Gasteiger partial charge in [0.1, 0.15) is 13.6 Å². The summed E-state index contributed by atoms with van der Waals surface area (Å²) in [5.41, 5.74) is 3.13. The van der Waals surface area contributed by atoms with E-state index in [-0.39, 0.29) is 33.0 Å². The van der Waals surface area contributed by atoms with Crippen LogP contribution in [0.25, 0.3) is 0 Å². The highest BCUT2D eigenvalue weighted by Gasteiger charge is 2.61. The molecule has 5 nitrogen and oxygen atoms in total. The van der Waals surface area contributed by atoms with Crippen LogP contribution in [0.4, 0.5) is 0 Å².